The molecule has 0 radical (unpaired) electrons. The molecule has 0 saturated carbocycles. The van der Waals surface area contributed by atoms with Crippen LogP contribution in [0.2, 0.25) is 10.0 Å². The Hall–Kier alpha value is -3.03. The summed E-state index contributed by atoms with van der Waals surface area (Å²) < 4.78 is 7.02. The lowest BCUT2D eigenvalue weighted by molar-refractivity contribution is -0.125. The molecule has 144 valence electrons. The van der Waals surface area contributed by atoms with E-state index in [0.29, 0.717) is 21.5 Å². The quantitative estimate of drug-likeness (QED) is 0.616. The minimum Gasteiger partial charge on any atom is -0.482 e. The van der Waals surface area contributed by atoms with Crippen molar-refractivity contribution in [3.8, 4) is 11.4 Å². The highest BCUT2D eigenvalue weighted by Gasteiger charge is 2.09. The Morgan fingerprint density at radius 1 is 1.07 bits per heavy atom. The van der Waals surface area contributed by atoms with Gasteiger partial charge >= 0.3 is 0 Å². The number of aromatic nitrogens is 2. The van der Waals surface area contributed by atoms with Crippen molar-refractivity contribution in [2.45, 2.75) is 0 Å². The molecule has 0 spiro atoms. The fraction of sp³-hybridized carbons (Fsp3) is 0.105. The van der Waals surface area contributed by atoms with Crippen molar-refractivity contribution >= 4 is 40.7 Å². The van der Waals surface area contributed by atoms with Crippen molar-refractivity contribution in [3.05, 3.63) is 71.0 Å². The predicted molar refractivity (Wildman–Crippen MR) is 107 cm³/mol. The van der Waals surface area contributed by atoms with Gasteiger partial charge in [-0.2, -0.15) is 5.10 Å². The molecule has 0 unspecified atom stereocenters. The molecule has 0 bridgehead atoms. The number of nitrogens with one attached hydrogen (secondary N) is 2. The first-order chi connectivity index (χ1) is 13.5. The van der Waals surface area contributed by atoms with Gasteiger partial charge < -0.3 is 15.4 Å². The highest BCUT2D eigenvalue weighted by atomic mass is 35.5. The lowest BCUT2D eigenvalue weighted by Gasteiger charge is -2.10. The Balaban J connectivity index is 1.43. The number of nitrogens with zero attached hydrogens (tertiary/aromatic N) is 2. The van der Waals surface area contributed by atoms with Gasteiger partial charge in [-0.25, -0.2) is 4.68 Å². The highest BCUT2D eigenvalue weighted by molar-refractivity contribution is 6.35. The lowest BCUT2D eigenvalue weighted by atomic mass is 10.3. The number of anilines is 1. The van der Waals surface area contributed by atoms with E-state index < -0.39 is 5.91 Å². The summed E-state index contributed by atoms with van der Waals surface area (Å²) in [6.45, 7) is -0.454. The molecule has 0 atom stereocenters. The zero-order chi connectivity index (χ0) is 19.9. The summed E-state index contributed by atoms with van der Waals surface area (Å²) in [5, 5.41) is 10.1. The zero-order valence-corrected chi connectivity index (χ0v) is 16.1. The van der Waals surface area contributed by atoms with Crippen LogP contribution >= 0.6 is 23.2 Å². The summed E-state index contributed by atoms with van der Waals surface area (Å²) in [6, 6.07) is 13.7. The van der Waals surface area contributed by atoms with Gasteiger partial charge in [0.05, 0.1) is 17.3 Å². The number of hydrogen-bond donors (Lipinski definition) is 2. The van der Waals surface area contributed by atoms with Gasteiger partial charge in [0.1, 0.15) is 5.75 Å². The molecule has 2 N–H and O–H groups in total. The van der Waals surface area contributed by atoms with E-state index in [1.807, 2.05) is 24.4 Å². The first-order valence-corrected chi connectivity index (χ1v) is 9.01. The van der Waals surface area contributed by atoms with E-state index >= 15 is 0 Å². The third-order valence-electron chi connectivity index (χ3n) is 3.62. The number of ether oxygens (including phenoxy) is 1. The number of halogens is 2. The number of carbonyl (C=O) groups excluding carboxylic acids is 2. The summed E-state index contributed by atoms with van der Waals surface area (Å²) in [7, 11) is 0. The van der Waals surface area contributed by atoms with Crippen LogP contribution in [0.15, 0.2) is 60.9 Å². The molecule has 3 rings (SSSR count). The van der Waals surface area contributed by atoms with Gasteiger partial charge in [-0.3, -0.25) is 9.59 Å². The monoisotopic (exact) mass is 418 g/mol. The average molecular weight is 419 g/mol. The molecule has 2 aromatic carbocycles. The van der Waals surface area contributed by atoms with E-state index in [-0.39, 0.29) is 19.1 Å². The summed E-state index contributed by atoms with van der Waals surface area (Å²) in [6.07, 6.45) is 3.51. The molecule has 0 saturated heterocycles. The molecule has 0 fully saturated rings. The van der Waals surface area contributed by atoms with E-state index in [4.69, 9.17) is 27.9 Å². The number of benzene rings is 2. The number of rotatable bonds is 7. The van der Waals surface area contributed by atoms with Crippen molar-refractivity contribution in [1.82, 2.24) is 15.1 Å². The maximum atomic E-state index is 12.0. The molecule has 7 nitrogen and oxygen atoms in total. The largest absolute Gasteiger partial charge is 0.482 e. The second-order valence-corrected chi connectivity index (χ2v) is 6.53. The van der Waals surface area contributed by atoms with Crippen molar-refractivity contribution in [2.24, 2.45) is 0 Å². The molecular formula is C19H16Cl2N4O3. The van der Waals surface area contributed by atoms with Crippen molar-refractivity contribution in [2.75, 3.05) is 18.5 Å². The minimum atomic E-state index is -0.449. The maximum absolute atomic E-state index is 12.0. The third kappa shape index (κ3) is 5.48. The van der Waals surface area contributed by atoms with Crippen LogP contribution in [0.3, 0.4) is 0 Å². The summed E-state index contributed by atoms with van der Waals surface area (Å²) in [5.74, 6) is -0.470. The van der Waals surface area contributed by atoms with E-state index in [0.717, 1.165) is 5.69 Å². The second-order valence-electron chi connectivity index (χ2n) is 5.69. The number of amides is 2. The van der Waals surface area contributed by atoms with Crippen LogP contribution in [-0.4, -0.2) is 34.7 Å². The molecule has 9 heteroatoms. The summed E-state index contributed by atoms with van der Waals surface area (Å²) in [4.78, 5) is 23.8. The molecule has 28 heavy (non-hydrogen) atoms. The third-order valence-corrected chi connectivity index (χ3v) is 4.15. The molecule has 0 aliphatic rings. The second kappa shape index (κ2) is 9.25. The van der Waals surface area contributed by atoms with E-state index in [9.17, 15) is 9.59 Å². The number of carbonyl (C=O) groups is 2. The summed E-state index contributed by atoms with van der Waals surface area (Å²) >= 11 is 11.8. The van der Waals surface area contributed by atoms with Crippen molar-refractivity contribution in [1.29, 1.82) is 0 Å². The van der Waals surface area contributed by atoms with E-state index in [1.54, 1.807) is 35.1 Å². The van der Waals surface area contributed by atoms with Gasteiger partial charge in [0.15, 0.2) is 6.61 Å². The Morgan fingerprint density at radius 2 is 1.86 bits per heavy atom. The molecule has 2 amide bonds. The standard InChI is InChI=1S/C19H16Cl2N4O3/c20-13-2-7-17(16(21)10-13)28-12-19(27)22-11-18(26)24-14-3-5-15(6-4-14)25-9-1-8-23-25/h1-10H,11-12H2,(H,22,27)(H,24,26). The SMILES string of the molecule is O=C(COc1ccc(Cl)cc1Cl)NCC(=O)Nc1ccc(-n2cccn2)cc1. The Labute approximate surface area is 171 Å². The lowest BCUT2D eigenvalue weighted by Crippen LogP contribution is -2.35. The smallest absolute Gasteiger partial charge is 0.258 e. The molecule has 0 aliphatic carbocycles. The number of hydrogen-bond acceptors (Lipinski definition) is 4. The van der Waals surface area contributed by atoms with E-state index in [1.165, 1.54) is 6.07 Å². The zero-order valence-electron chi connectivity index (χ0n) is 14.6. The fourth-order valence-corrected chi connectivity index (χ4v) is 2.75. The van der Waals surface area contributed by atoms with E-state index in [2.05, 4.69) is 15.7 Å². The molecule has 1 aromatic heterocycles. The van der Waals surface area contributed by atoms with Crippen LogP contribution in [0.1, 0.15) is 0 Å². The Bertz CT molecular complexity index is 960. The van der Waals surface area contributed by atoms with Crippen LogP contribution < -0.4 is 15.4 Å². The first-order valence-electron chi connectivity index (χ1n) is 8.26. The Morgan fingerprint density at radius 3 is 2.54 bits per heavy atom. The minimum absolute atomic E-state index is 0.183. The predicted octanol–water partition coefficient (Wildman–Crippen LogP) is 3.31. The average Bonchev–Trinajstić information content (AvgIpc) is 3.21. The fourth-order valence-electron chi connectivity index (χ4n) is 2.29. The van der Waals surface area contributed by atoms with Gasteiger partial charge in [0, 0.05) is 23.1 Å². The van der Waals surface area contributed by atoms with Crippen LogP contribution in [-0.2, 0) is 9.59 Å². The van der Waals surface area contributed by atoms with Crippen molar-refractivity contribution < 1.29 is 14.3 Å². The molecular weight excluding hydrogens is 403 g/mol. The van der Waals surface area contributed by atoms with Crippen LogP contribution in [0.5, 0.6) is 5.75 Å². The molecule has 0 aliphatic heterocycles. The Kier molecular flexibility index (Phi) is 6.52. The van der Waals surface area contributed by atoms with Crippen LogP contribution in [0, 0.1) is 0 Å². The molecule has 1 heterocycles. The van der Waals surface area contributed by atoms with Gasteiger partial charge in [-0.1, -0.05) is 23.2 Å². The topological polar surface area (TPSA) is 85.2 Å². The van der Waals surface area contributed by atoms with Crippen molar-refractivity contribution in [3.63, 3.8) is 0 Å². The van der Waals surface area contributed by atoms with Crippen LogP contribution in [0.25, 0.3) is 5.69 Å². The van der Waals surface area contributed by atoms with Gasteiger partial charge in [0.25, 0.3) is 5.91 Å². The van der Waals surface area contributed by atoms with Crippen LogP contribution in [0.4, 0.5) is 5.69 Å². The summed E-state index contributed by atoms with van der Waals surface area (Å²) in [5.41, 5.74) is 1.48. The highest BCUT2D eigenvalue weighted by Crippen LogP contribution is 2.27. The normalized spacial score (nSPS) is 10.4. The van der Waals surface area contributed by atoms with Gasteiger partial charge in [0.2, 0.25) is 5.91 Å². The maximum Gasteiger partial charge on any atom is 0.258 e. The van der Waals surface area contributed by atoms with Gasteiger partial charge in [-0.15, -0.1) is 0 Å². The first kappa shape index (κ1) is 19.7. The molecule has 3 aromatic rings. The van der Waals surface area contributed by atoms with Gasteiger partial charge in [-0.05, 0) is 48.5 Å².